The molecule has 2 aliphatic rings. The zero-order valence-electron chi connectivity index (χ0n) is 21.1. The Bertz CT molecular complexity index is 1440. The Morgan fingerprint density at radius 1 is 0.973 bits per heavy atom. The van der Waals surface area contributed by atoms with Gasteiger partial charge in [0, 0.05) is 40.6 Å². The summed E-state index contributed by atoms with van der Waals surface area (Å²) < 4.78 is 19.9. The first kappa shape index (κ1) is 24.5. The molecule has 0 spiro atoms. The molecule has 2 N–H and O–H groups in total. The fourth-order valence-corrected chi connectivity index (χ4v) is 5.22. The van der Waals surface area contributed by atoms with Gasteiger partial charge in [0.25, 0.3) is 5.91 Å². The molecule has 3 aromatic rings. The molecule has 1 aliphatic heterocycles. The molecule has 1 amide bonds. The van der Waals surface area contributed by atoms with Crippen LogP contribution in [0, 0.1) is 11.2 Å². The van der Waals surface area contributed by atoms with Crippen LogP contribution in [-0.4, -0.2) is 11.7 Å². The Balaban J connectivity index is 1.58. The lowest BCUT2D eigenvalue weighted by atomic mass is 9.68. The monoisotopic (exact) mass is 496 g/mol. The van der Waals surface area contributed by atoms with Gasteiger partial charge in [-0.15, -0.1) is 0 Å². The van der Waals surface area contributed by atoms with Crippen molar-refractivity contribution in [1.29, 1.82) is 0 Å². The zero-order chi connectivity index (χ0) is 26.2. The van der Waals surface area contributed by atoms with E-state index in [0.29, 0.717) is 46.9 Å². The quantitative estimate of drug-likeness (QED) is 0.405. The first-order valence-corrected chi connectivity index (χ1v) is 12.3. The van der Waals surface area contributed by atoms with Gasteiger partial charge < -0.3 is 15.4 Å². The highest BCUT2D eigenvalue weighted by Gasteiger charge is 2.42. The zero-order valence-corrected chi connectivity index (χ0v) is 21.1. The third-order valence-corrected chi connectivity index (χ3v) is 6.74. The SMILES string of the molecule is CC1=C(C(=O)Nc2cccc(F)c2)[C@H](c2cccc(Oc3ccccc3)c2)C2=C(CC(C)(C)CC2=O)N1. The van der Waals surface area contributed by atoms with Gasteiger partial charge in [0.1, 0.15) is 17.3 Å². The number of benzene rings is 3. The normalized spacial score (nSPS) is 18.7. The van der Waals surface area contributed by atoms with Crippen LogP contribution in [0.1, 0.15) is 45.1 Å². The van der Waals surface area contributed by atoms with Gasteiger partial charge in [-0.3, -0.25) is 9.59 Å². The molecule has 3 aromatic carbocycles. The summed E-state index contributed by atoms with van der Waals surface area (Å²) >= 11 is 0. The summed E-state index contributed by atoms with van der Waals surface area (Å²) in [6.45, 7) is 5.99. The van der Waals surface area contributed by atoms with E-state index < -0.39 is 11.7 Å². The number of carbonyl (C=O) groups excluding carboxylic acids is 2. The van der Waals surface area contributed by atoms with Gasteiger partial charge in [-0.2, -0.15) is 0 Å². The molecule has 1 aliphatic carbocycles. The fourth-order valence-electron chi connectivity index (χ4n) is 5.22. The smallest absolute Gasteiger partial charge is 0.254 e. The van der Waals surface area contributed by atoms with Crippen molar-refractivity contribution in [3.63, 3.8) is 0 Å². The van der Waals surface area contributed by atoms with E-state index in [1.807, 2.05) is 61.5 Å². The predicted molar refractivity (Wildman–Crippen MR) is 142 cm³/mol. The molecule has 0 saturated carbocycles. The highest BCUT2D eigenvalue weighted by atomic mass is 19.1. The van der Waals surface area contributed by atoms with Crippen molar-refractivity contribution in [2.75, 3.05) is 5.32 Å². The summed E-state index contributed by atoms with van der Waals surface area (Å²) in [5.41, 5.74) is 3.48. The minimum Gasteiger partial charge on any atom is -0.457 e. The van der Waals surface area contributed by atoms with Crippen LogP contribution in [0.5, 0.6) is 11.5 Å². The molecule has 0 bridgehead atoms. The molecule has 1 atom stereocenters. The number of ketones is 1. The summed E-state index contributed by atoms with van der Waals surface area (Å²) in [6.07, 6.45) is 1.09. The molecule has 0 aromatic heterocycles. The van der Waals surface area contributed by atoms with Crippen molar-refractivity contribution in [2.45, 2.75) is 39.5 Å². The number of ether oxygens (including phenoxy) is 1. The molecule has 188 valence electrons. The molecule has 0 saturated heterocycles. The Morgan fingerprint density at radius 3 is 2.46 bits per heavy atom. The summed E-state index contributed by atoms with van der Waals surface area (Å²) in [4.78, 5) is 27.2. The van der Waals surface area contributed by atoms with E-state index in [1.54, 1.807) is 12.1 Å². The van der Waals surface area contributed by atoms with Crippen molar-refractivity contribution in [3.8, 4) is 11.5 Å². The van der Waals surface area contributed by atoms with E-state index in [1.165, 1.54) is 12.1 Å². The third kappa shape index (κ3) is 5.19. The van der Waals surface area contributed by atoms with E-state index in [9.17, 15) is 14.0 Å². The number of amides is 1. The predicted octanol–water partition coefficient (Wildman–Crippen LogP) is 6.86. The van der Waals surface area contributed by atoms with Gasteiger partial charge in [0.15, 0.2) is 5.78 Å². The number of dihydropyridines is 1. The Hall–Kier alpha value is -4.19. The molecule has 0 unspecified atom stereocenters. The van der Waals surface area contributed by atoms with Crippen LogP contribution in [0.3, 0.4) is 0 Å². The molecule has 5 rings (SSSR count). The van der Waals surface area contributed by atoms with Crippen molar-refractivity contribution in [3.05, 3.63) is 113 Å². The summed E-state index contributed by atoms with van der Waals surface area (Å²) in [5.74, 6) is -0.109. The number of carbonyl (C=O) groups is 2. The third-order valence-electron chi connectivity index (χ3n) is 6.74. The van der Waals surface area contributed by atoms with Crippen LogP contribution in [0.2, 0.25) is 0 Å². The van der Waals surface area contributed by atoms with Crippen molar-refractivity contribution in [2.24, 2.45) is 5.41 Å². The van der Waals surface area contributed by atoms with E-state index in [4.69, 9.17) is 4.74 Å². The maximum atomic E-state index is 13.8. The molecule has 0 fully saturated rings. The molecular formula is C31H29FN2O3. The van der Waals surface area contributed by atoms with Gasteiger partial charge in [-0.1, -0.05) is 50.2 Å². The minimum atomic E-state index is -0.590. The molecule has 37 heavy (non-hydrogen) atoms. The summed E-state index contributed by atoms with van der Waals surface area (Å²) in [5, 5.41) is 6.18. The number of rotatable bonds is 5. The van der Waals surface area contributed by atoms with Crippen LogP contribution >= 0.6 is 0 Å². The van der Waals surface area contributed by atoms with Gasteiger partial charge in [-0.25, -0.2) is 4.39 Å². The maximum Gasteiger partial charge on any atom is 0.254 e. The van der Waals surface area contributed by atoms with Gasteiger partial charge in [0.2, 0.25) is 0 Å². The number of anilines is 1. The number of allylic oxidation sites excluding steroid dienone is 3. The van der Waals surface area contributed by atoms with Crippen LogP contribution in [0.15, 0.2) is 101 Å². The second-order valence-corrected chi connectivity index (χ2v) is 10.4. The minimum absolute atomic E-state index is 0.0155. The fraction of sp³-hybridized carbons (Fsp3) is 0.226. The van der Waals surface area contributed by atoms with E-state index in [0.717, 1.165) is 11.3 Å². The van der Waals surface area contributed by atoms with Crippen molar-refractivity contribution >= 4 is 17.4 Å². The number of nitrogens with one attached hydrogen (secondary N) is 2. The van der Waals surface area contributed by atoms with Crippen LogP contribution < -0.4 is 15.4 Å². The van der Waals surface area contributed by atoms with E-state index in [-0.39, 0.29) is 17.1 Å². The average Bonchev–Trinajstić information content (AvgIpc) is 2.83. The Kier molecular flexibility index (Phi) is 6.42. The lowest BCUT2D eigenvalue weighted by molar-refractivity contribution is -0.118. The number of Topliss-reactive ketones (excluding diaryl/α,β-unsaturated/α-hetero) is 1. The van der Waals surface area contributed by atoms with Gasteiger partial charge >= 0.3 is 0 Å². The Labute approximate surface area is 216 Å². The number of hydrogen-bond donors (Lipinski definition) is 2. The summed E-state index contributed by atoms with van der Waals surface area (Å²) in [6, 6.07) is 22.7. The molecular weight excluding hydrogens is 467 g/mol. The first-order valence-electron chi connectivity index (χ1n) is 12.3. The number of hydrogen-bond acceptors (Lipinski definition) is 4. The van der Waals surface area contributed by atoms with Gasteiger partial charge in [-0.05, 0) is 66.8 Å². The topological polar surface area (TPSA) is 67.4 Å². The molecule has 1 heterocycles. The molecule has 6 heteroatoms. The van der Waals surface area contributed by atoms with Crippen molar-refractivity contribution < 1.29 is 18.7 Å². The molecule has 0 radical (unpaired) electrons. The largest absolute Gasteiger partial charge is 0.457 e. The highest BCUT2D eigenvalue weighted by Crippen LogP contribution is 2.47. The maximum absolute atomic E-state index is 13.8. The lowest BCUT2D eigenvalue weighted by Crippen LogP contribution is -2.39. The highest BCUT2D eigenvalue weighted by molar-refractivity contribution is 6.10. The first-order chi connectivity index (χ1) is 17.7. The average molecular weight is 497 g/mol. The summed E-state index contributed by atoms with van der Waals surface area (Å²) in [7, 11) is 0. The van der Waals surface area contributed by atoms with Crippen LogP contribution in [0.25, 0.3) is 0 Å². The van der Waals surface area contributed by atoms with Gasteiger partial charge in [0.05, 0.1) is 0 Å². The van der Waals surface area contributed by atoms with E-state index >= 15 is 0 Å². The van der Waals surface area contributed by atoms with Crippen LogP contribution in [0.4, 0.5) is 10.1 Å². The Morgan fingerprint density at radius 2 is 1.70 bits per heavy atom. The second kappa shape index (κ2) is 9.69. The number of halogens is 1. The van der Waals surface area contributed by atoms with Crippen LogP contribution in [-0.2, 0) is 9.59 Å². The standard InChI is InChI=1S/C31H29FN2O3/c1-19-27(30(36)34-22-11-8-10-21(32)16-22)28(29-25(33-19)17-31(2,3)18-26(29)35)20-9-7-14-24(15-20)37-23-12-5-4-6-13-23/h4-16,28,33H,17-18H2,1-3H3,(H,34,36)/t28-/m0/s1. The van der Waals surface area contributed by atoms with Crippen molar-refractivity contribution in [1.82, 2.24) is 5.32 Å². The molecule has 5 nitrogen and oxygen atoms in total. The second-order valence-electron chi connectivity index (χ2n) is 10.4. The number of para-hydroxylation sites is 1. The lowest BCUT2D eigenvalue weighted by Gasteiger charge is -2.39. The van der Waals surface area contributed by atoms with E-state index in [2.05, 4.69) is 24.5 Å².